The van der Waals surface area contributed by atoms with Crippen molar-refractivity contribution in [1.82, 2.24) is 5.01 Å². The number of hydrogen-bond acceptors (Lipinski definition) is 3. The van der Waals surface area contributed by atoms with Crippen LogP contribution in [-0.4, -0.2) is 18.0 Å². The van der Waals surface area contributed by atoms with Gasteiger partial charge in [0.15, 0.2) is 0 Å². The molecule has 0 aliphatic rings. The number of amides is 1. The fourth-order valence-corrected chi connectivity index (χ4v) is 1.28. The van der Waals surface area contributed by atoms with Gasteiger partial charge in [0.25, 0.3) is 5.91 Å². The van der Waals surface area contributed by atoms with Crippen LogP contribution in [0.2, 0.25) is 0 Å². The van der Waals surface area contributed by atoms with Gasteiger partial charge in [-0.3, -0.25) is 9.80 Å². The molecule has 1 rings (SSSR count). The summed E-state index contributed by atoms with van der Waals surface area (Å²) in [5.41, 5.74) is 0. The van der Waals surface area contributed by atoms with Gasteiger partial charge >= 0.3 is 0 Å². The first-order valence-electron chi connectivity index (χ1n) is 2.78. The van der Waals surface area contributed by atoms with E-state index in [1.54, 1.807) is 6.07 Å². The summed E-state index contributed by atoms with van der Waals surface area (Å²) in [7, 11) is 1.53. The summed E-state index contributed by atoms with van der Waals surface area (Å²) in [4.78, 5) is 11.7. The van der Waals surface area contributed by atoms with Crippen LogP contribution in [0.5, 0.6) is 0 Å². The molecule has 1 amide bonds. The third-order valence-corrected chi connectivity index (χ3v) is 1.91. The molecule has 0 unspecified atom stereocenters. The van der Waals surface area contributed by atoms with E-state index in [1.807, 2.05) is 11.4 Å². The van der Waals surface area contributed by atoms with Gasteiger partial charge in [-0.2, -0.15) is 0 Å². The SMILES string of the molecule is CN(N)C(=O)c1cccs1. The number of hydrazine groups is 1. The van der Waals surface area contributed by atoms with Crippen molar-refractivity contribution < 1.29 is 4.79 Å². The van der Waals surface area contributed by atoms with Gasteiger partial charge in [-0.05, 0) is 11.4 Å². The van der Waals surface area contributed by atoms with Crippen molar-refractivity contribution in [2.45, 2.75) is 0 Å². The van der Waals surface area contributed by atoms with E-state index in [4.69, 9.17) is 5.84 Å². The van der Waals surface area contributed by atoms with E-state index in [0.717, 1.165) is 5.01 Å². The lowest BCUT2D eigenvalue weighted by Gasteiger charge is -2.06. The normalized spacial score (nSPS) is 9.40. The molecule has 0 aromatic carbocycles. The van der Waals surface area contributed by atoms with E-state index >= 15 is 0 Å². The molecule has 1 heterocycles. The molecule has 0 saturated heterocycles. The van der Waals surface area contributed by atoms with Gasteiger partial charge in [-0.15, -0.1) is 11.3 Å². The Morgan fingerprint density at radius 1 is 1.80 bits per heavy atom. The Morgan fingerprint density at radius 3 is 2.90 bits per heavy atom. The first-order chi connectivity index (χ1) is 4.72. The second kappa shape index (κ2) is 2.81. The smallest absolute Gasteiger partial charge is 0.277 e. The topological polar surface area (TPSA) is 46.3 Å². The van der Waals surface area contributed by atoms with Crippen molar-refractivity contribution >= 4 is 17.2 Å². The number of hydrogen-bond donors (Lipinski definition) is 1. The zero-order valence-electron chi connectivity index (χ0n) is 5.57. The van der Waals surface area contributed by atoms with Crippen LogP contribution in [0.25, 0.3) is 0 Å². The van der Waals surface area contributed by atoms with Crippen LogP contribution in [0.1, 0.15) is 9.67 Å². The molecule has 3 nitrogen and oxygen atoms in total. The molecule has 0 bridgehead atoms. The molecule has 0 radical (unpaired) electrons. The molecule has 1 aromatic rings. The third kappa shape index (κ3) is 1.34. The molecule has 0 spiro atoms. The maximum Gasteiger partial charge on any atom is 0.277 e. The van der Waals surface area contributed by atoms with Gasteiger partial charge in [0, 0.05) is 7.05 Å². The zero-order chi connectivity index (χ0) is 7.56. The minimum atomic E-state index is -0.144. The lowest BCUT2D eigenvalue weighted by atomic mass is 10.4. The summed E-state index contributed by atoms with van der Waals surface area (Å²) in [5, 5.41) is 2.92. The van der Waals surface area contributed by atoms with E-state index in [9.17, 15) is 4.79 Å². The number of rotatable bonds is 1. The molecule has 0 fully saturated rings. The monoisotopic (exact) mass is 156 g/mol. The average molecular weight is 156 g/mol. The lowest BCUT2D eigenvalue weighted by molar-refractivity contribution is 0.0800. The fourth-order valence-electron chi connectivity index (χ4n) is 0.574. The summed E-state index contributed by atoms with van der Waals surface area (Å²) in [6, 6.07) is 3.57. The van der Waals surface area contributed by atoms with Crippen LogP contribution in [0.3, 0.4) is 0 Å². The molecular formula is C6H8N2OS. The van der Waals surface area contributed by atoms with Crippen LogP contribution in [0, 0.1) is 0 Å². The number of carbonyl (C=O) groups excluding carboxylic acids is 1. The molecule has 4 heteroatoms. The number of carbonyl (C=O) groups is 1. The van der Waals surface area contributed by atoms with Crippen LogP contribution < -0.4 is 5.84 Å². The molecule has 2 N–H and O–H groups in total. The van der Waals surface area contributed by atoms with Crippen LogP contribution in [0.4, 0.5) is 0 Å². The van der Waals surface area contributed by atoms with Gasteiger partial charge in [-0.25, -0.2) is 5.84 Å². The summed E-state index contributed by atoms with van der Waals surface area (Å²) >= 11 is 1.39. The number of nitrogens with zero attached hydrogens (tertiary/aromatic N) is 1. The van der Waals surface area contributed by atoms with E-state index in [-0.39, 0.29) is 5.91 Å². The molecular weight excluding hydrogens is 148 g/mol. The largest absolute Gasteiger partial charge is 0.279 e. The predicted molar refractivity (Wildman–Crippen MR) is 40.6 cm³/mol. The fraction of sp³-hybridized carbons (Fsp3) is 0.167. The van der Waals surface area contributed by atoms with Gasteiger partial charge in [0.1, 0.15) is 0 Å². The minimum absolute atomic E-state index is 0.144. The van der Waals surface area contributed by atoms with Crippen molar-refractivity contribution in [1.29, 1.82) is 0 Å². The lowest BCUT2D eigenvalue weighted by Crippen LogP contribution is -2.32. The van der Waals surface area contributed by atoms with Crippen molar-refractivity contribution in [3.63, 3.8) is 0 Å². The highest BCUT2D eigenvalue weighted by Gasteiger charge is 2.07. The molecule has 10 heavy (non-hydrogen) atoms. The Balaban J connectivity index is 2.78. The van der Waals surface area contributed by atoms with Crippen molar-refractivity contribution in [3.05, 3.63) is 22.4 Å². The highest BCUT2D eigenvalue weighted by molar-refractivity contribution is 7.12. The molecule has 1 aromatic heterocycles. The Kier molecular flexibility index (Phi) is 2.03. The van der Waals surface area contributed by atoms with E-state index in [2.05, 4.69) is 0 Å². The molecule has 0 atom stereocenters. The van der Waals surface area contributed by atoms with Crippen molar-refractivity contribution in [2.24, 2.45) is 5.84 Å². The first kappa shape index (κ1) is 7.24. The third-order valence-electron chi connectivity index (χ3n) is 1.05. The van der Waals surface area contributed by atoms with E-state index < -0.39 is 0 Å². The number of thiophene rings is 1. The minimum Gasteiger partial charge on any atom is -0.279 e. The maximum absolute atomic E-state index is 11.0. The Labute approximate surface area is 63.0 Å². The summed E-state index contributed by atoms with van der Waals surface area (Å²) < 4.78 is 0. The molecule has 54 valence electrons. The maximum atomic E-state index is 11.0. The standard InChI is InChI=1S/C6H8N2OS/c1-8(7)6(9)5-3-2-4-10-5/h2-4H,7H2,1H3. The van der Waals surface area contributed by atoms with Gasteiger partial charge < -0.3 is 0 Å². The average Bonchev–Trinajstić information content (AvgIpc) is 2.36. The summed E-state index contributed by atoms with van der Waals surface area (Å²) in [6.07, 6.45) is 0. The predicted octanol–water partition coefficient (Wildman–Crippen LogP) is 0.694. The molecule has 0 aliphatic heterocycles. The summed E-state index contributed by atoms with van der Waals surface area (Å²) in [5.74, 6) is 5.07. The second-order valence-electron chi connectivity index (χ2n) is 1.89. The Hall–Kier alpha value is -0.870. The zero-order valence-corrected chi connectivity index (χ0v) is 6.39. The number of nitrogens with two attached hydrogens (primary N) is 1. The van der Waals surface area contributed by atoms with Gasteiger partial charge in [0.2, 0.25) is 0 Å². The van der Waals surface area contributed by atoms with Gasteiger partial charge in [0.05, 0.1) is 4.88 Å². The Bertz CT molecular complexity index is 218. The van der Waals surface area contributed by atoms with Gasteiger partial charge in [-0.1, -0.05) is 6.07 Å². The summed E-state index contributed by atoms with van der Waals surface area (Å²) in [6.45, 7) is 0. The van der Waals surface area contributed by atoms with Crippen LogP contribution in [0.15, 0.2) is 17.5 Å². The highest BCUT2D eigenvalue weighted by atomic mass is 32.1. The second-order valence-corrected chi connectivity index (χ2v) is 2.84. The first-order valence-corrected chi connectivity index (χ1v) is 3.66. The van der Waals surface area contributed by atoms with Crippen LogP contribution in [-0.2, 0) is 0 Å². The molecule has 0 aliphatic carbocycles. The van der Waals surface area contributed by atoms with Crippen LogP contribution >= 0.6 is 11.3 Å². The van der Waals surface area contributed by atoms with Crippen molar-refractivity contribution in [3.8, 4) is 0 Å². The van der Waals surface area contributed by atoms with Crippen molar-refractivity contribution in [2.75, 3.05) is 7.05 Å². The van der Waals surface area contributed by atoms with E-state index in [1.165, 1.54) is 18.4 Å². The highest BCUT2D eigenvalue weighted by Crippen LogP contribution is 2.08. The van der Waals surface area contributed by atoms with E-state index in [0.29, 0.717) is 4.88 Å². The Morgan fingerprint density at radius 2 is 2.50 bits per heavy atom. The quantitative estimate of drug-likeness (QED) is 0.369. The molecule has 0 saturated carbocycles.